The Kier molecular flexibility index (Phi) is 4.60. The average Bonchev–Trinajstić information content (AvgIpc) is 2.86. The molecular formula is C18H14F3NO2S. The predicted molar refractivity (Wildman–Crippen MR) is 90.0 cm³/mol. The number of rotatable bonds is 4. The summed E-state index contributed by atoms with van der Waals surface area (Å²) in [5, 5.41) is 2.73. The molecule has 1 heterocycles. The maximum absolute atomic E-state index is 12.7. The maximum atomic E-state index is 12.7. The molecule has 0 saturated carbocycles. The van der Waals surface area contributed by atoms with Gasteiger partial charge in [0.25, 0.3) is 0 Å². The molecule has 0 radical (unpaired) electrons. The van der Waals surface area contributed by atoms with Crippen molar-refractivity contribution in [3.63, 3.8) is 0 Å². The molecule has 0 fully saturated rings. The highest BCUT2D eigenvalue weighted by molar-refractivity contribution is 8.00. The first kappa shape index (κ1) is 17.5. The van der Waals surface area contributed by atoms with Gasteiger partial charge in [0.15, 0.2) is 5.78 Å². The van der Waals surface area contributed by atoms with E-state index in [1.807, 2.05) is 0 Å². The number of halogens is 3. The predicted octanol–water partition coefficient (Wildman–Crippen LogP) is 4.74. The summed E-state index contributed by atoms with van der Waals surface area (Å²) in [7, 11) is 0. The van der Waals surface area contributed by atoms with Gasteiger partial charge in [-0.15, -0.1) is 11.8 Å². The van der Waals surface area contributed by atoms with Crippen LogP contribution in [-0.4, -0.2) is 17.4 Å². The number of alkyl halides is 3. The Morgan fingerprint density at radius 2 is 1.96 bits per heavy atom. The number of Topliss-reactive ketones (excluding diaryl/α,β-unsaturated/α-hetero) is 1. The Balaban J connectivity index is 1.71. The lowest BCUT2D eigenvalue weighted by Gasteiger charge is -2.09. The molecule has 1 atom stereocenters. The van der Waals surface area contributed by atoms with Gasteiger partial charge in [0.2, 0.25) is 5.91 Å². The molecule has 7 heteroatoms. The fourth-order valence-corrected chi connectivity index (χ4v) is 3.43. The van der Waals surface area contributed by atoms with Gasteiger partial charge < -0.3 is 5.32 Å². The van der Waals surface area contributed by atoms with E-state index in [-0.39, 0.29) is 23.4 Å². The molecule has 0 aliphatic carbocycles. The lowest BCUT2D eigenvalue weighted by atomic mass is 9.99. The second kappa shape index (κ2) is 6.55. The number of fused-ring (bicyclic) bond motifs is 1. The number of anilines is 1. The summed E-state index contributed by atoms with van der Waals surface area (Å²) in [6.07, 6.45) is -4.41. The fraction of sp³-hybridized carbons (Fsp3) is 0.222. The van der Waals surface area contributed by atoms with Gasteiger partial charge in [0, 0.05) is 16.1 Å². The van der Waals surface area contributed by atoms with Crippen molar-refractivity contribution in [3.8, 4) is 0 Å². The number of hydrogen-bond donors (Lipinski definition) is 1. The minimum absolute atomic E-state index is 0.0237. The molecule has 2 aromatic carbocycles. The van der Waals surface area contributed by atoms with Crippen LogP contribution >= 0.6 is 11.8 Å². The number of hydrogen-bond acceptors (Lipinski definition) is 3. The molecule has 1 amide bonds. The topological polar surface area (TPSA) is 46.2 Å². The molecule has 1 aliphatic heterocycles. The molecule has 1 N–H and O–H groups in total. The summed E-state index contributed by atoms with van der Waals surface area (Å²) in [5.74, 6) is -0.607. The molecule has 1 aliphatic rings. The standard InChI is InChI=1S/C18H14F3NO2S/c1-10-14-7-11(5-6-15(14)22-17(10)24)16(23)9-25-13-4-2-3-12(8-13)18(19,20)21/h2-8,10H,9H2,1H3,(H,22,24)/t10-/m1/s1. The number of benzene rings is 2. The van der Waals surface area contributed by atoms with Crippen LogP contribution in [-0.2, 0) is 11.0 Å². The van der Waals surface area contributed by atoms with Crippen LogP contribution in [0, 0.1) is 0 Å². The molecular weight excluding hydrogens is 351 g/mol. The lowest BCUT2D eigenvalue weighted by Crippen LogP contribution is -2.08. The number of thioether (sulfide) groups is 1. The Labute approximate surface area is 146 Å². The van der Waals surface area contributed by atoms with Gasteiger partial charge in [-0.1, -0.05) is 6.07 Å². The summed E-state index contributed by atoms with van der Waals surface area (Å²) < 4.78 is 38.2. The number of amides is 1. The average molecular weight is 365 g/mol. The zero-order valence-corrected chi connectivity index (χ0v) is 14.0. The van der Waals surface area contributed by atoms with Crippen LogP contribution in [0.25, 0.3) is 0 Å². The van der Waals surface area contributed by atoms with E-state index in [2.05, 4.69) is 5.32 Å². The Hall–Kier alpha value is -2.28. The Bertz CT molecular complexity index is 848. The van der Waals surface area contributed by atoms with E-state index in [0.29, 0.717) is 16.1 Å². The van der Waals surface area contributed by atoms with Crippen molar-refractivity contribution in [1.29, 1.82) is 0 Å². The first-order chi connectivity index (χ1) is 11.8. The zero-order valence-electron chi connectivity index (χ0n) is 13.2. The van der Waals surface area contributed by atoms with Crippen LogP contribution < -0.4 is 5.32 Å². The van der Waals surface area contributed by atoms with Gasteiger partial charge in [0.1, 0.15) is 0 Å². The van der Waals surface area contributed by atoms with Crippen LogP contribution in [0.3, 0.4) is 0 Å². The van der Waals surface area contributed by atoms with Gasteiger partial charge in [-0.3, -0.25) is 9.59 Å². The molecule has 3 nitrogen and oxygen atoms in total. The van der Waals surface area contributed by atoms with E-state index < -0.39 is 11.7 Å². The normalized spacial score (nSPS) is 16.5. The smallest absolute Gasteiger partial charge is 0.325 e. The zero-order chi connectivity index (χ0) is 18.2. The van der Waals surface area contributed by atoms with Crippen molar-refractivity contribution in [3.05, 3.63) is 59.2 Å². The molecule has 0 saturated heterocycles. The second-order valence-electron chi connectivity index (χ2n) is 5.75. The molecule has 25 heavy (non-hydrogen) atoms. The summed E-state index contributed by atoms with van der Waals surface area (Å²) in [6, 6.07) is 9.87. The molecule has 130 valence electrons. The quantitative estimate of drug-likeness (QED) is 0.629. The van der Waals surface area contributed by atoms with Gasteiger partial charge in [-0.2, -0.15) is 13.2 Å². The van der Waals surface area contributed by atoms with E-state index in [1.54, 1.807) is 31.2 Å². The van der Waals surface area contributed by atoms with E-state index >= 15 is 0 Å². The largest absolute Gasteiger partial charge is 0.416 e. The van der Waals surface area contributed by atoms with Gasteiger partial charge in [-0.05, 0) is 48.9 Å². The van der Waals surface area contributed by atoms with E-state index in [1.165, 1.54) is 6.07 Å². The number of ketones is 1. The third kappa shape index (κ3) is 3.71. The minimum atomic E-state index is -4.41. The van der Waals surface area contributed by atoms with E-state index in [9.17, 15) is 22.8 Å². The third-order valence-electron chi connectivity index (χ3n) is 4.02. The van der Waals surface area contributed by atoms with Crippen molar-refractivity contribution in [2.75, 3.05) is 11.1 Å². The van der Waals surface area contributed by atoms with Gasteiger partial charge in [0.05, 0.1) is 17.2 Å². The highest BCUT2D eigenvalue weighted by atomic mass is 32.2. The van der Waals surface area contributed by atoms with Crippen molar-refractivity contribution >= 4 is 29.1 Å². The first-order valence-corrected chi connectivity index (χ1v) is 8.52. The monoisotopic (exact) mass is 365 g/mol. The van der Waals surface area contributed by atoms with Crippen LogP contribution in [0.4, 0.5) is 18.9 Å². The second-order valence-corrected chi connectivity index (χ2v) is 6.80. The number of carbonyl (C=O) groups is 2. The Morgan fingerprint density at radius 3 is 2.68 bits per heavy atom. The van der Waals surface area contributed by atoms with Gasteiger partial charge in [-0.25, -0.2) is 0 Å². The first-order valence-electron chi connectivity index (χ1n) is 7.54. The van der Waals surface area contributed by atoms with Crippen LogP contribution in [0.15, 0.2) is 47.4 Å². The summed E-state index contributed by atoms with van der Waals surface area (Å²) in [6.45, 7) is 1.76. The van der Waals surface area contributed by atoms with Crippen LogP contribution in [0.2, 0.25) is 0 Å². The van der Waals surface area contributed by atoms with Crippen molar-refractivity contribution in [2.45, 2.75) is 23.9 Å². The van der Waals surface area contributed by atoms with Crippen molar-refractivity contribution in [1.82, 2.24) is 0 Å². The van der Waals surface area contributed by atoms with E-state index in [4.69, 9.17) is 0 Å². The molecule has 0 bridgehead atoms. The summed E-state index contributed by atoms with van der Waals surface area (Å²) >= 11 is 1.06. The lowest BCUT2D eigenvalue weighted by molar-refractivity contribution is -0.137. The number of nitrogens with one attached hydrogen (secondary N) is 1. The van der Waals surface area contributed by atoms with Crippen LogP contribution in [0.5, 0.6) is 0 Å². The van der Waals surface area contributed by atoms with Crippen LogP contribution in [0.1, 0.15) is 34.3 Å². The SMILES string of the molecule is C[C@H]1C(=O)Nc2ccc(C(=O)CSc3cccc(C(F)(F)F)c3)cc21. The minimum Gasteiger partial charge on any atom is -0.325 e. The third-order valence-corrected chi connectivity index (χ3v) is 5.02. The Morgan fingerprint density at radius 1 is 1.20 bits per heavy atom. The molecule has 0 unspecified atom stereocenters. The van der Waals surface area contributed by atoms with Gasteiger partial charge >= 0.3 is 6.18 Å². The maximum Gasteiger partial charge on any atom is 0.416 e. The molecule has 2 aromatic rings. The van der Waals surface area contributed by atoms with E-state index in [0.717, 1.165) is 29.5 Å². The molecule has 3 rings (SSSR count). The fourth-order valence-electron chi connectivity index (χ4n) is 2.58. The molecule has 0 spiro atoms. The highest BCUT2D eigenvalue weighted by Crippen LogP contribution is 2.34. The number of carbonyl (C=O) groups excluding carboxylic acids is 2. The van der Waals surface area contributed by atoms with Crippen molar-refractivity contribution in [2.24, 2.45) is 0 Å². The molecule has 0 aromatic heterocycles. The highest BCUT2D eigenvalue weighted by Gasteiger charge is 2.30. The van der Waals surface area contributed by atoms with Crippen molar-refractivity contribution < 1.29 is 22.8 Å². The summed E-state index contributed by atoms with van der Waals surface area (Å²) in [5.41, 5.74) is 1.17. The summed E-state index contributed by atoms with van der Waals surface area (Å²) in [4.78, 5) is 24.4.